The molecule has 2 aliphatic rings. The van der Waals surface area contributed by atoms with E-state index in [1.165, 1.54) is 0 Å². The maximum atomic E-state index is 13.4. The highest BCUT2D eigenvalue weighted by atomic mass is 19.1. The summed E-state index contributed by atoms with van der Waals surface area (Å²) in [5.74, 6) is 0. The molecule has 0 radical (unpaired) electrons. The Morgan fingerprint density at radius 1 is 0.960 bits per heavy atom. The van der Waals surface area contributed by atoms with Crippen molar-refractivity contribution in [2.45, 2.75) is 61.4 Å². The van der Waals surface area contributed by atoms with Gasteiger partial charge in [-0.05, 0) is 5.53 Å². The molecular weight excluding hydrogens is 349 g/mol. The Morgan fingerprint density at radius 2 is 1.60 bits per heavy atom. The minimum Gasteiger partial charge on any atom is -0.394 e. The van der Waals surface area contributed by atoms with Gasteiger partial charge in [0.1, 0.15) is 30.5 Å². The van der Waals surface area contributed by atoms with Gasteiger partial charge in [-0.1, -0.05) is 5.11 Å². The number of ether oxygens (including phenoxy) is 3. The van der Waals surface area contributed by atoms with E-state index in [0.717, 1.165) is 0 Å². The third-order valence-corrected chi connectivity index (χ3v) is 4.13. The molecule has 10 unspecified atom stereocenters. The molecule has 0 aromatic carbocycles. The van der Waals surface area contributed by atoms with Crippen molar-refractivity contribution < 1.29 is 49.2 Å². The van der Waals surface area contributed by atoms with Crippen molar-refractivity contribution in [1.82, 2.24) is 0 Å². The number of alkyl halides is 1. The van der Waals surface area contributed by atoms with Gasteiger partial charge < -0.3 is 44.8 Å². The molecule has 0 bridgehead atoms. The van der Waals surface area contributed by atoms with Crippen LogP contribution in [0.15, 0.2) is 5.11 Å². The van der Waals surface area contributed by atoms with Crippen molar-refractivity contribution >= 4 is 0 Å². The first-order valence-corrected chi connectivity index (χ1v) is 7.44. The number of halogens is 1. The molecule has 6 N–H and O–H groups in total. The smallest absolute Gasteiger partial charge is 0.228 e. The molecule has 2 heterocycles. The second-order valence-electron chi connectivity index (χ2n) is 5.69. The zero-order chi connectivity index (χ0) is 18.7. The maximum absolute atomic E-state index is 13.4. The van der Waals surface area contributed by atoms with Gasteiger partial charge in [0.25, 0.3) is 0 Å². The second-order valence-corrected chi connectivity index (χ2v) is 5.69. The summed E-state index contributed by atoms with van der Waals surface area (Å²) in [5, 5.41) is 61.3. The summed E-state index contributed by atoms with van der Waals surface area (Å²) >= 11 is 0. The molecule has 0 aromatic rings. The van der Waals surface area contributed by atoms with Gasteiger partial charge in [0.2, 0.25) is 6.36 Å². The first-order valence-electron chi connectivity index (χ1n) is 7.44. The van der Waals surface area contributed by atoms with Crippen LogP contribution in [0.5, 0.6) is 0 Å². The highest BCUT2D eigenvalue weighted by molar-refractivity contribution is 4.96. The summed E-state index contributed by atoms with van der Waals surface area (Å²) in [4.78, 5) is 2.49. The summed E-state index contributed by atoms with van der Waals surface area (Å²) < 4.78 is 28.6. The van der Waals surface area contributed by atoms with Crippen molar-refractivity contribution in [1.29, 1.82) is 0 Å². The van der Waals surface area contributed by atoms with Crippen LogP contribution in [0.3, 0.4) is 0 Å². The predicted molar refractivity (Wildman–Crippen MR) is 74.4 cm³/mol. The van der Waals surface area contributed by atoms with Gasteiger partial charge >= 0.3 is 0 Å². The van der Waals surface area contributed by atoms with Gasteiger partial charge in [0.05, 0.1) is 31.5 Å². The molecular formula is C12H20FN3O9. The van der Waals surface area contributed by atoms with E-state index in [0.29, 0.717) is 0 Å². The Balaban J connectivity index is 2.16. The zero-order valence-electron chi connectivity index (χ0n) is 12.8. The lowest BCUT2D eigenvalue weighted by molar-refractivity contribution is -0.338. The number of nitrogens with zero attached hydrogens (tertiary/aromatic N) is 3. The van der Waals surface area contributed by atoms with E-state index in [9.17, 15) is 35.0 Å². The summed E-state index contributed by atoms with van der Waals surface area (Å²) in [5.41, 5.74) is 8.47. The monoisotopic (exact) mass is 369 g/mol. The van der Waals surface area contributed by atoms with Crippen LogP contribution in [-0.2, 0) is 14.2 Å². The maximum Gasteiger partial charge on any atom is 0.228 e. The summed E-state index contributed by atoms with van der Waals surface area (Å²) in [6, 6.07) is -1.30. The van der Waals surface area contributed by atoms with Gasteiger partial charge in [-0.3, -0.25) is 0 Å². The van der Waals surface area contributed by atoms with Crippen LogP contribution < -0.4 is 0 Å². The van der Waals surface area contributed by atoms with Crippen LogP contribution >= 0.6 is 0 Å². The number of aliphatic hydroxyl groups excluding tert-OH is 6. The standard InChI is InChI=1S/C12H20FN3O9/c13-11-8(21)7(20)10(4(2-18)23-11)25-12-9(22)6(19)5(15-16-14)3(1-17)24-12/h3-12,17-22H,1-2H2. The molecule has 2 saturated heterocycles. The third kappa shape index (κ3) is 4.01. The lowest BCUT2D eigenvalue weighted by Gasteiger charge is -2.45. The van der Waals surface area contributed by atoms with Gasteiger partial charge in [-0.25, -0.2) is 4.39 Å². The first-order chi connectivity index (χ1) is 11.8. The van der Waals surface area contributed by atoms with E-state index in [1.54, 1.807) is 0 Å². The highest BCUT2D eigenvalue weighted by Crippen LogP contribution is 2.30. The second kappa shape index (κ2) is 8.51. The van der Waals surface area contributed by atoms with Crippen molar-refractivity contribution in [2.75, 3.05) is 13.2 Å². The number of hydrogen-bond donors (Lipinski definition) is 6. The molecule has 10 atom stereocenters. The Kier molecular flexibility index (Phi) is 6.87. The van der Waals surface area contributed by atoms with Gasteiger partial charge in [-0.15, -0.1) is 0 Å². The molecule has 0 aliphatic carbocycles. The van der Waals surface area contributed by atoms with Crippen LogP contribution in [0.25, 0.3) is 10.4 Å². The predicted octanol–water partition coefficient (Wildman–Crippen LogP) is -3.10. The Bertz CT molecular complexity index is 492. The minimum absolute atomic E-state index is 0.685. The quantitative estimate of drug-likeness (QED) is 0.165. The van der Waals surface area contributed by atoms with Gasteiger partial charge in [0.15, 0.2) is 6.29 Å². The summed E-state index contributed by atoms with van der Waals surface area (Å²) in [6.45, 7) is -1.46. The van der Waals surface area contributed by atoms with E-state index >= 15 is 0 Å². The average molecular weight is 369 g/mol. The minimum atomic E-state index is -2.26. The lowest BCUT2D eigenvalue weighted by atomic mass is 9.96. The molecule has 0 saturated carbocycles. The van der Waals surface area contributed by atoms with Crippen LogP contribution in [0, 0.1) is 0 Å². The Labute approximate surface area is 140 Å². The number of aliphatic hydroxyl groups is 6. The molecule has 2 rings (SSSR count). The molecule has 0 spiro atoms. The summed E-state index contributed by atoms with van der Waals surface area (Å²) in [7, 11) is 0. The Hall–Kier alpha value is -1.12. The van der Waals surface area contributed by atoms with E-state index in [4.69, 9.17) is 15.0 Å². The van der Waals surface area contributed by atoms with Gasteiger partial charge in [-0.2, -0.15) is 0 Å². The SMILES string of the molecule is [N-]=[N+]=NC1C(CO)OC(OC2C(CO)OC(F)C(O)C2O)C(O)C1O. The van der Waals surface area contributed by atoms with Crippen LogP contribution in [0.4, 0.5) is 4.39 Å². The first kappa shape index (κ1) is 20.2. The molecule has 12 nitrogen and oxygen atoms in total. The fraction of sp³-hybridized carbons (Fsp3) is 1.00. The van der Waals surface area contributed by atoms with Crippen molar-refractivity contribution in [2.24, 2.45) is 5.11 Å². The number of rotatable bonds is 5. The third-order valence-electron chi connectivity index (χ3n) is 4.13. The molecule has 2 fully saturated rings. The van der Waals surface area contributed by atoms with E-state index in [1.807, 2.05) is 0 Å². The molecule has 25 heavy (non-hydrogen) atoms. The Morgan fingerprint density at radius 3 is 2.16 bits per heavy atom. The largest absolute Gasteiger partial charge is 0.394 e. The highest BCUT2D eigenvalue weighted by Gasteiger charge is 2.50. The van der Waals surface area contributed by atoms with E-state index in [2.05, 4.69) is 14.8 Å². The van der Waals surface area contributed by atoms with Crippen molar-refractivity contribution in [3.05, 3.63) is 10.4 Å². The van der Waals surface area contributed by atoms with Crippen LogP contribution in [-0.4, -0.2) is 105 Å². The molecule has 13 heteroatoms. The number of hydrogen-bond acceptors (Lipinski definition) is 10. The summed E-state index contributed by atoms with van der Waals surface area (Å²) in [6.07, 6.45) is -15.2. The van der Waals surface area contributed by atoms with Crippen molar-refractivity contribution in [3.63, 3.8) is 0 Å². The fourth-order valence-corrected chi connectivity index (χ4v) is 2.75. The average Bonchev–Trinajstić information content (AvgIpc) is 2.61. The molecule has 0 aromatic heterocycles. The van der Waals surface area contributed by atoms with Crippen LogP contribution in [0.1, 0.15) is 0 Å². The lowest BCUT2D eigenvalue weighted by Crippen LogP contribution is -2.63. The van der Waals surface area contributed by atoms with Crippen LogP contribution in [0.2, 0.25) is 0 Å². The fourth-order valence-electron chi connectivity index (χ4n) is 2.75. The zero-order valence-corrected chi connectivity index (χ0v) is 12.8. The molecule has 144 valence electrons. The number of azide groups is 1. The van der Waals surface area contributed by atoms with E-state index in [-0.39, 0.29) is 0 Å². The normalized spacial score (nSPS) is 48.0. The van der Waals surface area contributed by atoms with Gasteiger partial charge in [0, 0.05) is 4.91 Å². The molecule has 0 amide bonds. The van der Waals surface area contributed by atoms with Crippen molar-refractivity contribution in [3.8, 4) is 0 Å². The van der Waals surface area contributed by atoms with E-state index < -0.39 is 74.6 Å². The molecule has 2 aliphatic heterocycles. The topological polar surface area (TPSA) is 198 Å².